The second-order valence-electron chi connectivity index (χ2n) is 5.22. The molecule has 6 heteroatoms. The SMILES string of the molecule is Nc1nn2ccc(-c3ccccc3)nc2c1/N=N/c1ccccc1. The molecule has 0 unspecified atom stereocenters. The third kappa shape index (κ3) is 2.61. The van der Waals surface area contributed by atoms with Crippen molar-refractivity contribution in [1.29, 1.82) is 0 Å². The zero-order valence-electron chi connectivity index (χ0n) is 12.7. The molecule has 24 heavy (non-hydrogen) atoms. The number of nitrogens with two attached hydrogens (primary N) is 1. The Morgan fingerprint density at radius 3 is 2.29 bits per heavy atom. The van der Waals surface area contributed by atoms with E-state index in [0.717, 1.165) is 16.9 Å². The largest absolute Gasteiger partial charge is 0.380 e. The van der Waals surface area contributed by atoms with Crippen LogP contribution in [0.15, 0.2) is 83.2 Å². The zero-order chi connectivity index (χ0) is 16.4. The first kappa shape index (κ1) is 14.1. The van der Waals surface area contributed by atoms with Crippen molar-refractivity contribution in [2.45, 2.75) is 0 Å². The number of nitrogen functional groups attached to an aromatic ring is 1. The van der Waals surface area contributed by atoms with Crippen molar-refractivity contribution in [3.05, 3.63) is 72.9 Å². The Balaban J connectivity index is 1.80. The quantitative estimate of drug-likeness (QED) is 0.569. The Labute approximate surface area is 138 Å². The maximum Gasteiger partial charge on any atom is 0.185 e. The van der Waals surface area contributed by atoms with Gasteiger partial charge >= 0.3 is 0 Å². The van der Waals surface area contributed by atoms with E-state index in [1.165, 1.54) is 0 Å². The van der Waals surface area contributed by atoms with Crippen molar-refractivity contribution >= 4 is 22.8 Å². The molecule has 0 aliphatic carbocycles. The van der Waals surface area contributed by atoms with Crippen LogP contribution in [0, 0.1) is 0 Å². The Morgan fingerprint density at radius 2 is 1.54 bits per heavy atom. The summed E-state index contributed by atoms with van der Waals surface area (Å²) in [5.41, 5.74) is 9.62. The van der Waals surface area contributed by atoms with Gasteiger partial charge in [0.05, 0.1) is 11.4 Å². The van der Waals surface area contributed by atoms with Crippen molar-refractivity contribution in [3.8, 4) is 11.3 Å². The summed E-state index contributed by atoms with van der Waals surface area (Å²) in [5.74, 6) is 0.299. The maximum absolute atomic E-state index is 5.98. The molecule has 2 heterocycles. The number of rotatable bonds is 3. The molecule has 2 N–H and O–H groups in total. The molecule has 0 bridgehead atoms. The lowest BCUT2D eigenvalue weighted by Gasteiger charge is -2.01. The van der Waals surface area contributed by atoms with Crippen LogP contribution in [0.5, 0.6) is 0 Å². The van der Waals surface area contributed by atoms with Gasteiger partial charge in [-0.25, -0.2) is 9.50 Å². The molecule has 0 saturated heterocycles. The summed E-state index contributed by atoms with van der Waals surface area (Å²) in [7, 11) is 0. The highest BCUT2D eigenvalue weighted by Gasteiger charge is 2.12. The van der Waals surface area contributed by atoms with E-state index in [4.69, 9.17) is 5.73 Å². The van der Waals surface area contributed by atoms with Gasteiger partial charge in [0.25, 0.3) is 0 Å². The molecule has 116 valence electrons. The minimum absolute atomic E-state index is 0.299. The minimum atomic E-state index is 0.299. The van der Waals surface area contributed by atoms with Crippen molar-refractivity contribution in [2.75, 3.05) is 5.73 Å². The van der Waals surface area contributed by atoms with E-state index in [1.807, 2.05) is 72.9 Å². The van der Waals surface area contributed by atoms with Crippen molar-refractivity contribution in [1.82, 2.24) is 14.6 Å². The first-order valence-electron chi connectivity index (χ1n) is 7.48. The first-order chi connectivity index (χ1) is 11.8. The van der Waals surface area contributed by atoms with Gasteiger partial charge in [-0.15, -0.1) is 10.2 Å². The van der Waals surface area contributed by atoms with Gasteiger partial charge in [-0.2, -0.15) is 5.11 Å². The number of hydrogen-bond donors (Lipinski definition) is 1. The van der Waals surface area contributed by atoms with Crippen LogP contribution in [0.1, 0.15) is 0 Å². The number of benzene rings is 2. The van der Waals surface area contributed by atoms with Gasteiger partial charge in [0, 0.05) is 11.8 Å². The predicted molar refractivity (Wildman–Crippen MR) is 93.5 cm³/mol. The van der Waals surface area contributed by atoms with Gasteiger partial charge in [0.15, 0.2) is 17.2 Å². The second kappa shape index (κ2) is 5.92. The number of nitrogens with zero attached hydrogens (tertiary/aromatic N) is 5. The topological polar surface area (TPSA) is 80.9 Å². The Morgan fingerprint density at radius 1 is 0.833 bits per heavy atom. The van der Waals surface area contributed by atoms with Crippen LogP contribution in [0.25, 0.3) is 16.9 Å². The molecular formula is C18H14N6. The molecule has 2 aromatic heterocycles. The summed E-state index contributed by atoms with van der Waals surface area (Å²) in [4.78, 5) is 4.65. The van der Waals surface area contributed by atoms with E-state index in [2.05, 4.69) is 20.3 Å². The third-order valence-corrected chi connectivity index (χ3v) is 3.58. The standard InChI is InChI=1S/C18H14N6/c19-17-16(22-21-14-9-5-2-6-10-14)18-20-15(11-12-24(18)23-17)13-7-3-1-4-8-13/h1-12H,(H2,19,23)/b22-21+. The molecule has 4 rings (SSSR count). The lowest BCUT2D eigenvalue weighted by atomic mass is 10.1. The molecule has 0 fully saturated rings. The highest BCUT2D eigenvalue weighted by atomic mass is 15.3. The predicted octanol–water partition coefficient (Wildman–Crippen LogP) is 4.39. The molecule has 0 amide bonds. The van der Waals surface area contributed by atoms with Gasteiger partial charge in [0.2, 0.25) is 0 Å². The summed E-state index contributed by atoms with van der Waals surface area (Å²) in [5, 5.41) is 12.7. The van der Waals surface area contributed by atoms with Crippen LogP contribution in [-0.2, 0) is 0 Å². The van der Waals surface area contributed by atoms with Crippen LogP contribution in [0.4, 0.5) is 17.2 Å². The van der Waals surface area contributed by atoms with Crippen molar-refractivity contribution in [3.63, 3.8) is 0 Å². The van der Waals surface area contributed by atoms with Gasteiger partial charge in [-0.05, 0) is 18.2 Å². The highest BCUT2D eigenvalue weighted by molar-refractivity contribution is 5.77. The maximum atomic E-state index is 5.98. The molecule has 0 aliphatic heterocycles. The number of aromatic nitrogens is 3. The van der Waals surface area contributed by atoms with Gasteiger partial charge < -0.3 is 5.73 Å². The number of azo groups is 1. The van der Waals surface area contributed by atoms with Crippen LogP contribution in [0.2, 0.25) is 0 Å². The lowest BCUT2D eigenvalue weighted by molar-refractivity contribution is 0.947. The highest BCUT2D eigenvalue weighted by Crippen LogP contribution is 2.29. The first-order valence-corrected chi connectivity index (χ1v) is 7.48. The fourth-order valence-electron chi connectivity index (χ4n) is 2.40. The summed E-state index contributed by atoms with van der Waals surface area (Å²) >= 11 is 0. The minimum Gasteiger partial charge on any atom is -0.380 e. The average Bonchev–Trinajstić information content (AvgIpc) is 2.96. The van der Waals surface area contributed by atoms with Gasteiger partial charge in [-0.3, -0.25) is 0 Å². The number of hydrogen-bond acceptors (Lipinski definition) is 5. The summed E-state index contributed by atoms with van der Waals surface area (Å²) < 4.78 is 1.61. The lowest BCUT2D eigenvalue weighted by Crippen LogP contribution is -1.92. The average molecular weight is 314 g/mol. The summed E-state index contributed by atoms with van der Waals surface area (Å²) in [6, 6.07) is 21.3. The van der Waals surface area contributed by atoms with Crippen molar-refractivity contribution in [2.24, 2.45) is 10.2 Å². The molecule has 2 aromatic carbocycles. The Bertz CT molecular complexity index is 1010. The van der Waals surface area contributed by atoms with E-state index >= 15 is 0 Å². The molecule has 0 radical (unpaired) electrons. The van der Waals surface area contributed by atoms with Crippen LogP contribution < -0.4 is 5.73 Å². The van der Waals surface area contributed by atoms with Gasteiger partial charge in [-0.1, -0.05) is 48.5 Å². The Kier molecular flexibility index (Phi) is 3.47. The summed E-state index contributed by atoms with van der Waals surface area (Å²) in [6.07, 6.45) is 1.82. The van der Waals surface area contributed by atoms with E-state index < -0.39 is 0 Å². The fraction of sp³-hybridized carbons (Fsp3) is 0. The molecule has 0 spiro atoms. The Hall–Kier alpha value is -3.54. The van der Waals surface area contributed by atoms with Gasteiger partial charge in [0.1, 0.15) is 0 Å². The second-order valence-corrected chi connectivity index (χ2v) is 5.22. The fourth-order valence-corrected chi connectivity index (χ4v) is 2.40. The smallest absolute Gasteiger partial charge is 0.185 e. The molecule has 6 nitrogen and oxygen atoms in total. The molecule has 0 atom stereocenters. The van der Waals surface area contributed by atoms with Crippen LogP contribution >= 0.6 is 0 Å². The number of anilines is 1. The molecule has 0 aliphatic rings. The normalized spacial score (nSPS) is 11.3. The van der Waals surface area contributed by atoms with Crippen LogP contribution in [-0.4, -0.2) is 14.6 Å². The number of fused-ring (bicyclic) bond motifs is 1. The van der Waals surface area contributed by atoms with E-state index in [1.54, 1.807) is 4.52 Å². The third-order valence-electron chi connectivity index (χ3n) is 3.58. The van der Waals surface area contributed by atoms with E-state index in [0.29, 0.717) is 17.2 Å². The zero-order valence-corrected chi connectivity index (χ0v) is 12.7. The van der Waals surface area contributed by atoms with E-state index in [9.17, 15) is 0 Å². The summed E-state index contributed by atoms with van der Waals surface area (Å²) in [6.45, 7) is 0. The van der Waals surface area contributed by atoms with E-state index in [-0.39, 0.29) is 0 Å². The molecular weight excluding hydrogens is 300 g/mol. The monoisotopic (exact) mass is 314 g/mol. The molecule has 4 aromatic rings. The molecule has 0 saturated carbocycles. The van der Waals surface area contributed by atoms with Crippen molar-refractivity contribution < 1.29 is 0 Å². The van der Waals surface area contributed by atoms with Crippen LogP contribution in [0.3, 0.4) is 0 Å².